The highest BCUT2D eigenvalue weighted by atomic mass is 16.2. The Kier molecular flexibility index (Phi) is 4.82. The quantitative estimate of drug-likeness (QED) is 0.836. The molecule has 1 saturated heterocycles. The van der Waals surface area contributed by atoms with Gasteiger partial charge in [-0.25, -0.2) is 0 Å². The number of carbonyl (C=O) groups excluding carboxylic acids is 1. The fraction of sp³-hybridized carbons (Fsp3) is 0.435. The molecule has 0 N–H and O–H groups in total. The van der Waals surface area contributed by atoms with E-state index in [0.29, 0.717) is 6.42 Å². The molecular weight excluding hydrogens is 320 g/mol. The predicted molar refractivity (Wildman–Crippen MR) is 105 cm³/mol. The first kappa shape index (κ1) is 17.3. The molecule has 1 amide bonds. The fourth-order valence-electron chi connectivity index (χ4n) is 4.74. The summed E-state index contributed by atoms with van der Waals surface area (Å²) in [6.45, 7) is 5.66. The van der Waals surface area contributed by atoms with E-state index in [1.807, 2.05) is 6.92 Å². The largest absolute Gasteiger partial charge is 0.337 e. The van der Waals surface area contributed by atoms with E-state index in [1.165, 1.54) is 29.5 Å². The van der Waals surface area contributed by atoms with Crippen LogP contribution < -0.4 is 0 Å². The van der Waals surface area contributed by atoms with E-state index in [2.05, 4.69) is 64.4 Å². The zero-order valence-corrected chi connectivity index (χ0v) is 15.7. The Morgan fingerprint density at radius 2 is 1.77 bits per heavy atom. The SMILES string of the molecule is CCC(=O)N1Cc2ccccc2CC2(CCCN2Cc2ccccc2)C1. The lowest BCUT2D eigenvalue weighted by Gasteiger charge is -2.41. The number of benzene rings is 2. The van der Waals surface area contributed by atoms with Crippen LogP contribution in [0.15, 0.2) is 54.6 Å². The van der Waals surface area contributed by atoms with Crippen LogP contribution in [0.4, 0.5) is 0 Å². The molecule has 2 aromatic carbocycles. The van der Waals surface area contributed by atoms with Crippen molar-refractivity contribution in [3.8, 4) is 0 Å². The zero-order chi connectivity index (χ0) is 18.0. The predicted octanol–water partition coefficient (Wildman–Crippen LogP) is 4.02. The average molecular weight is 348 g/mol. The van der Waals surface area contributed by atoms with Crippen molar-refractivity contribution in [3.05, 3.63) is 71.3 Å². The van der Waals surface area contributed by atoms with Crippen molar-refractivity contribution in [1.29, 1.82) is 0 Å². The van der Waals surface area contributed by atoms with Gasteiger partial charge in [0.15, 0.2) is 0 Å². The third-order valence-electron chi connectivity index (χ3n) is 6.10. The second-order valence-corrected chi connectivity index (χ2v) is 7.78. The highest BCUT2D eigenvalue weighted by molar-refractivity contribution is 5.76. The lowest BCUT2D eigenvalue weighted by atomic mass is 9.87. The molecule has 2 aromatic rings. The summed E-state index contributed by atoms with van der Waals surface area (Å²) < 4.78 is 0. The van der Waals surface area contributed by atoms with Gasteiger partial charge in [-0.05, 0) is 42.5 Å². The molecule has 2 aliphatic heterocycles. The van der Waals surface area contributed by atoms with Gasteiger partial charge in [-0.15, -0.1) is 0 Å². The third kappa shape index (κ3) is 3.28. The van der Waals surface area contributed by atoms with Crippen molar-refractivity contribution in [1.82, 2.24) is 9.80 Å². The van der Waals surface area contributed by atoms with Crippen molar-refractivity contribution in [2.45, 2.75) is 51.2 Å². The van der Waals surface area contributed by atoms with E-state index < -0.39 is 0 Å². The van der Waals surface area contributed by atoms with E-state index in [-0.39, 0.29) is 11.4 Å². The van der Waals surface area contributed by atoms with Gasteiger partial charge in [-0.3, -0.25) is 9.69 Å². The maximum Gasteiger partial charge on any atom is 0.222 e. The van der Waals surface area contributed by atoms with Gasteiger partial charge < -0.3 is 4.90 Å². The number of nitrogens with zero attached hydrogens (tertiary/aromatic N) is 2. The van der Waals surface area contributed by atoms with Crippen molar-refractivity contribution in [3.63, 3.8) is 0 Å². The molecule has 0 radical (unpaired) electrons. The number of likely N-dealkylation sites (tertiary alicyclic amines) is 1. The molecular formula is C23H28N2O. The molecule has 2 aliphatic rings. The highest BCUT2D eigenvalue weighted by Gasteiger charge is 2.44. The second kappa shape index (κ2) is 7.24. The Labute approximate surface area is 156 Å². The van der Waals surface area contributed by atoms with Gasteiger partial charge >= 0.3 is 0 Å². The summed E-state index contributed by atoms with van der Waals surface area (Å²) in [7, 11) is 0. The van der Waals surface area contributed by atoms with Crippen molar-refractivity contribution in [2.24, 2.45) is 0 Å². The van der Waals surface area contributed by atoms with Crippen molar-refractivity contribution < 1.29 is 4.79 Å². The minimum Gasteiger partial charge on any atom is -0.337 e. The van der Waals surface area contributed by atoms with Crippen LogP contribution in [0.25, 0.3) is 0 Å². The maximum absolute atomic E-state index is 12.6. The van der Waals surface area contributed by atoms with Gasteiger partial charge in [0.05, 0.1) is 0 Å². The molecule has 26 heavy (non-hydrogen) atoms. The summed E-state index contributed by atoms with van der Waals surface area (Å²) in [5, 5.41) is 0. The number of hydrogen-bond acceptors (Lipinski definition) is 2. The molecule has 0 aliphatic carbocycles. The summed E-state index contributed by atoms with van der Waals surface area (Å²) in [6, 6.07) is 19.4. The standard InChI is InChI=1S/C23H28N2O/c1-2-22(26)24-17-21-12-7-6-11-20(21)15-23(18-24)13-8-14-25(23)16-19-9-4-3-5-10-19/h3-7,9-12H,2,8,13-18H2,1H3. The molecule has 0 bridgehead atoms. The lowest BCUT2D eigenvalue weighted by molar-refractivity contribution is -0.133. The topological polar surface area (TPSA) is 23.6 Å². The zero-order valence-electron chi connectivity index (χ0n) is 15.7. The van der Waals surface area contributed by atoms with E-state index >= 15 is 0 Å². The van der Waals surface area contributed by atoms with E-state index in [0.717, 1.165) is 32.6 Å². The number of rotatable bonds is 3. The summed E-state index contributed by atoms with van der Waals surface area (Å²) in [5.41, 5.74) is 4.16. The van der Waals surface area contributed by atoms with Gasteiger partial charge in [-0.1, -0.05) is 61.5 Å². The molecule has 1 atom stereocenters. The van der Waals surface area contributed by atoms with Crippen LogP contribution in [0, 0.1) is 0 Å². The number of fused-ring (bicyclic) bond motifs is 1. The van der Waals surface area contributed by atoms with E-state index in [4.69, 9.17) is 0 Å². The second-order valence-electron chi connectivity index (χ2n) is 7.78. The average Bonchev–Trinajstić information content (AvgIpc) is 2.95. The van der Waals surface area contributed by atoms with Gasteiger partial charge in [0.1, 0.15) is 0 Å². The van der Waals surface area contributed by atoms with E-state index in [1.54, 1.807) is 0 Å². The highest BCUT2D eigenvalue weighted by Crippen LogP contribution is 2.38. The molecule has 4 rings (SSSR count). The molecule has 2 heterocycles. The number of amides is 1. The first-order chi connectivity index (χ1) is 12.7. The minimum atomic E-state index is 0.0628. The maximum atomic E-state index is 12.6. The molecule has 0 aromatic heterocycles. The van der Waals surface area contributed by atoms with Gasteiger partial charge in [0.2, 0.25) is 5.91 Å². The molecule has 0 saturated carbocycles. The molecule has 136 valence electrons. The summed E-state index contributed by atoms with van der Waals surface area (Å²) in [6.07, 6.45) is 4.01. The Bertz CT molecular complexity index is 773. The number of hydrogen-bond donors (Lipinski definition) is 0. The first-order valence-electron chi connectivity index (χ1n) is 9.84. The van der Waals surface area contributed by atoms with Crippen LogP contribution in [0.5, 0.6) is 0 Å². The first-order valence-corrected chi connectivity index (χ1v) is 9.84. The van der Waals surface area contributed by atoms with E-state index in [9.17, 15) is 4.79 Å². The monoisotopic (exact) mass is 348 g/mol. The summed E-state index contributed by atoms with van der Waals surface area (Å²) in [5.74, 6) is 0.271. The Hall–Kier alpha value is -2.13. The van der Waals surface area contributed by atoms with Crippen LogP contribution in [-0.2, 0) is 24.3 Å². The Morgan fingerprint density at radius 3 is 2.54 bits per heavy atom. The Balaban J connectivity index is 1.69. The smallest absolute Gasteiger partial charge is 0.222 e. The molecule has 1 spiro atoms. The third-order valence-corrected chi connectivity index (χ3v) is 6.10. The van der Waals surface area contributed by atoms with Crippen LogP contribution in [-0.4, -0.2) is 34.3 Å². The van der Waals surface area contributed by atoms with Crippen LogP contribution >= 0.6 is 0 Å². The Morgan fingerprint density at radius 1 is 1.04 bits per heavy atom. The number of carbonyl (C=O) groups is 1. The van der Waals surface area contributed by atoms with Gasteiger partial charge in [0.25, 0.3) is 0 Å². The van der Waals surface area contributed by atoms with Crippen molar-refractivity contribution in [2.75, 3.05) is 13.1 Å². The van der Waals surface area contributed by atoms with Crippen molar-refractivity contribution >= 4 is 5.91 Å². The van der Waals surface area contributed by atoms with Crippen LogP contribution in [0.2, 0.25) is 0 Å². The normalized spacial score (nSPS) is 23.0. The summed E-state index contributed by atoms with van der Waals surface area (Å²) >= 11 is 0. The molecule has 1 unspecified atom stereocenters. The summed E-state index contributed by atoms with van der Waals surface area (Å²) in [4.78, 5) is 17.4. The minimum absolute atomic E-state index is 0.0628. The fourth-order valence-corrected chi connectivity index (χ4v) is 4.74. The van der Waals surface area contributed by atoms with Gasteiger partial charge in [0, 0.05) is 31.6 Å². The molecule has 3 nitrogen and oxygen atoms in total. The van der Waals surface area contributed by atoms with Crippen LogP contribution in [0.3, 0.4) is 0 Å². The molecule has 1 fully saturated rings. The molecule has 3 heteroatoms. The van der Waals surface area contributed by atoms with Crippen LogP contribution in [0.1, 0.15) is 42.9 Å². The lowest BCUT2D eigenvalue weighted by Crippen LogP contribution is -2.53. The van der Waals surface area contributed by atoms with Gasteiger partial charge in [-0.2, -0.15) is 0 Å².